The Morgan fingerprint density at radius 3 is 2.55 bits per heavy atom. The highest BCUT2D eigenvalue weighted by molar-refractivity contribution is 6.35. The van der Waals surface area contributed by atoms with E-state index in [0.29, 0.717) is 22.3 Å². The number of nitrogens with zero attached hydrogens (tertiary/aromatic N) is 1. The van der Waals surface area contributed by atoms with Crippen LogP contribution in [-0.4, -0.2) is 38.1 Å². The first-order valence-electron chi connectivity index (χ1n) is 10.6. The van der Waals surface area contributed by atoms with Crippen LogP contribution in [0.3, 0.4) is 0 Å². The van der Waals surface area contributed by atoms with Crippen molar-refractivity contribution in [2.45, 2.75) is 5.92 Å². The van der Waals surface area contributed by atoms with Gasteiger partial charge in [0.05, 0.1) is 5.02 Å². The SMILES string of the molecule is CN(C)c1ccc(C(CNC(=O)COc2ccc(Cl)cc2Cl)c2c[nH]c3ccccc23)cc1. The monoisotopic (exact) mass is 481 g/mol. The van der Waals surface area contributed by atoms with Crippen molar-refractivity contribution in [1.82, 2.24) is 10.3 Å². The number of hydrogen-bond acceptors (Lipinski definition) is 3. The van der Waals surface area contributed by atoms with E-state index >= 15 is 0 Å². The van der Waals surface area contributed by atoms with Crippen LogP contribution in [0.2, 0.25) is 10.0 Å². The minimum atomic E-state index is -0.226. The molecule has 0 aliphatic heterocycles. The molecule has 0 spiro atoms. The summed E-state index contributed by atoms with van der Waals surface area (Å²) in [6.45, 7) is 0.293. The van der Waals surface area contributed by atoms with E-state index in [-0.39, 0.29) is 18.4 Å². The van der Waals surface area contributed by atoms with Gasteiger partial charge in [0.2, 0.25) is 0 Å². The first-order valence-corrected chi connectivity index (χ1v) is 11.4. The summed E-state index contributed by atoms with van der Waals surface area (Å²) in [6.07, 6.45) is 2.02. The summed E-state index contributed by atoms with van der Waals surface area (Å²) < 4.78 is 5.58. The predicted molar refractivity (Wildman–Crippen MR) is 136 cm³/mol. The number of rotatable bonds is 8. The van der Waals surface area contributed by atoms with Gasteiger partial charge in [-0.05, 0) is 47.5 Å². The van der Waals surface area contributed by atoms with Crippen LogP contribution < -0.4 is 15.0 Å². The normalized spacial score (nSPS) is 11.9. The number of hydrogen-bond donors (Lipinski definition) is 2. The fourth-order valence-corrected chi connectivity index (χ4v) is 4.26. The standard InChI is InChI=1S/C26H25Cl2N3O2/c1-31(2)19-10-7-17(8-11-19)21(22-15-29-24-6-4-3-5-20(22)24)14-30-26(32)16-33-25-12-9-18(27)13-23(25)28/h3-13,15,21,29H,14,16H2,1-2H3,(H,30,32). The minimum Gasteiger partial charge on any atom is -0.482 e. The van der Waals surface area contributed by atoms with E-state index < -0.39 is 0 Å². The molecule has 0 radical (unpaired) electrons. The van der Waals surface area contributed by atoms with Crippen LogP contribution in [0.1, 0.15) is 17.0 Å². The summed E-state index contributed by atoms with van der Waals surface area (Å²) in [6, 6.07) is 21.5. The number of benzene rings is 3. The maximum atomic E-state index is 12.6. The zero-order chi connectivity index (χ0) is 23.4. The van der Waals surface area contributed by atoms with Gasteiger partial charge in [0.15, 0.2) is 6.61 Å². The minimum absolute atomic E-state index is 0.0274. The lowest BCUT2D eigenvalue weighted by molar-refractivity contribution is -0.123. The zero-order valence-electron chi connectivity index (χ0n) is 18.4. The van der Waals surface area contributed by atoms with Crippen molar-refractivity contribution in [2.75, 3.05) is 32.1 Å². The molecule has 33 heavy (non-hydrogen) atoms. The lowest BCUT2D eigenvalue weighted by atomic mass is 9.90. The summed E-state index contributed by atoms with van der Waals surface area (Å²) in [5.41, 5.74) is 4.43. The molecule has 1 unspecified atom stereocenters. The Bertz CT molecular complexity index is 1250. The Hall–Kier alpha value is -3.15. The molecule has 0 saturated carbocycles. The third-order valence-corrected chi connectivity index (χ3v) is 6.10. The number of aromatic amines is 1. The van der Waals surface area contributed by atoms with Gasteiger partial charge in [-0.1, -0.05) is 53.5 Å². The number of para-hydroxylation sites is 1. The maximum Gasteiger partial charge on any atom is 0.257 e. The topological polar surface area (TPSA) is 57.4 Å². The van der Waals surface area contributed by atoms with Crippen molar-refractivity contribution in [3.63, 3.8) is 0 Å². The smallest absolute Gasteiger partial charge is 0.257 e. The molecule has 170 valence electrons. The number of halogens is 2. The first-order chi connectivity index (χ1) is 15.9. The van der Waals surface area contributed by atoms with Crippen LogP contribution in [-0.2, 0) is 4.79 Å². The molecule has 7 heteroatoms. The van der Waals surface area contributed by atoms with Crippen LogP contribution >= 0.6 is 23.2 Å². The van der Waals surface area contributed by atoms with Gasteiger partial charge in [-0.2, -0.15) is 0 Å². The maximum absolute atomic E-state index is 12.6. The lowest BCUT2D eigenvalue weighted by Crippen LogP contribution is -2.32. The summed E-state index contributed by atoms with van der Waals surface area (Å²) in [7, 11) is 4.03. The van der Waals surface area contributed by atoms with E-state index in [9.17, 15) is 4.79 Å². The quantitative estimate of drug-likeness (QED) is 0.330. The molecule has 1 atom stereocenters. The molecule has 0 saturated heterocycles. The molecule has 4 aromatic rings. The average Bonchev–Trinajstić information content (AvgIpc) is 3.23. The summed E-state index contributed by atoms with van der Waals surface area (Å²) in [5, 5.41) is 5.03. The largest absolute Gasteiger partial charge is 0.482 e. The Kier molecular flexibility index (Phi) is 7.11. The van der Waals surface area contributed by atoms with Crippen molar-refractivity contribution in [3.8, 4) is 5.75 Å². The first kappa shape index (κ1) is 23.0. The molecule has 0 aliphatic carbocycles. The molecule has 0 bridgehead atoms. The second-order valence-electron chi connectivity index (χ2n) is 8.00. The van der Waals surface area contributed by atoms with Gasteiger partial charge in [0.1, 0.15) is 5.75 Å². The third-order valence-electron chi connectivity index (χ3n) is 5.56. The van der Waals surface area contributed by atoms with Crippen molar-refractivity contribution in [3.05, 3.63) is 94.1 Å². The van der Waals surface area contributed by atoms with Gasteiger partial charge in [-0.25, -0.2) is 0 Å². The van der Waals surface area contributed by atoms with E-state index in [0.717, 1.165) is 27.7 Å². The number of carbonyl (C=O) groups is 1. The molecule has 4 rings (SSSR count). The van der Waals surface area contributed by atoms with E-state index in [2.05, 4.69) is 45.5 Å². The van der Waals surface area contributed by atoms with Crippen molar-refractivity contribution < 1.29 is 9.53 Å². The number of amides is 1. The highest BCUT2D eigenvalue weighted by Crippen LogP contribution is 2.31. The second kappa shape index (κ2) is 10.2. The molecule has 0 fully saturated rings. The number of anilines is 1. The van der Waals surface area contributed by atoms with Crippen LogP contribution in [0.4, 0.5) is 5.69 Å². The van der Waals surface area contributed by atoms with Crippen LogP contribution in [0, 0.1) is 0 Å². The summed E-state index contributed by atoms with van der Waals surface area (Å²) in [4.78, 5) is 18.0. The van der Waals surface area contributed by atoms with Crippen LogP contribution in [0.15, 0.2) is 72.9 Å². The van der Waals surface area contributed by atoms with E-state index in [4.69, 9.17) is 27.9 Å². The van der Waals surface area contributed by atoms with Crippen molar-refractivity contribution in [1.29, 1.82) is 0 Å². The Morgan fingerprint density at radius 2 is 1.82 bits per heavy atom. The Labute approximate surface area is 203 Å². The van der Waals surface area contributed by atoms with Gasteiger partial charge in [0, 0.05) is 54.4 Å². The molecular formula is C26H25Cl2N3O2. The number of fused-ring (bicyclic) bond motifs is 1. The second-order valence-corrected chi connectivity index (χ2v) is 8.84. The van der Waals surface area contributed by atoms with Crippen LogP contribution in [0.5, 0.6) is 5.75 Å². The molecule has 3 aromatic carbocycles. The van der Waals surface area contributed by atoms with Gasteiger partial charge < -0.3 is 19.9 Å². The number of H-pyrrole nitrogens is 1. The van der Waals surface area contributed by atoms with Gasteiger partial charge >= 0.3 is 0 Å². The molecule has 1 heterocycles. The number of nitrogens with one attached hydrogen (secondary N) is 2. The zero-order valence-corrected chi connectivity index (χ0v) is 20.0. The number of aromatic nitrogens is 1. The molecule has 5 nitrogen and oxygen atoms in total. The molecule has 2 N–H and O–H groups in total. The highest BCUT2D eigenvalue weighted by atomic mass is 35.5. The lowest BCUT2D eigenvalue weighted by Gasteiger charge is -2.20. The third kappa shape index (κ3) is 5.44. The predicted octanol–water partition coefficient (Wildman–Crippen LogP) is 5.87. The molecular weight excluding hydrogens is 457 g/mol. The molecule has 0 aliphatic rings. The van der Waals surface area contributed by atoms with Crippen LogP contribution in [0.25, 0.3) is 10.9 Å². The Morgan fingerprint density at radius 1 is 1.06 bits per heavy atom. The summed E-state index contributed by atoms with van der Waals surface area (Å²) >= 11 is 12.0. The average molecular weight is 482 g/mol. The van der Waals surface area contributed by atoms with E-state index in [1.165, 1.54) is 0 Å². The molecule has 1 amide bonds. The van der Waals surface area contributed by atoms with E-state index in [1.807, 2.05) is 38.5 Å². The van der Waals surface area contributed by atoms with Crippen molar-refractivity contribution >= 4 is 45.7 Å². The fraction of sp³-hybridized carbons (Fsp3) is 0.192. The molecule has 1 aromatic heterocycles. The number of ether oxygens (including phenoxy) is 1. The van der Waals surface area contributed by atoms with Crippen molar-refractivity contribution in [2.24, 2.45) is 0 Å². The Balaban J connectivity index is 1.51. The number of carbonyl (C=O) groups excluding carboxylic acids is 1. The summed E-state index contributed by atoms with van der Waals surface area (Å²) in [5.74, 6) is 0.167. The van der Waals surface area contributed by atoms with E-state index in [1.54, 1.807) is 18.2 Å². The highest BCUT2D eigenvalue weighted by Gasteiger charge is 2.19. The fourth-order valence-electron chi connectivity index (χ4n) is 3.80. The van der Waals surface area contributed by atoms with Gasteiger partial charge in [0.25, 0.3) is 5.91 Å². The van der Waals surface area contributed by atoms with Gasteiger partial charge in [-0.15, -0.1) is 0 Å². The van der Waals surface area contributed by atoms with Gasteiger partial charge in [-0.3, -0.25) is 4.79 Å².